The summed E-state index contributed by atoms with van der Waals surface area (Å²) in [5.74, 6) is 0. The minimum absolute atomic E-state index is 0.301. The first-order valence-corrected chi connectivity index (χ1v) is 23.8. The number of nitrogens with two attached hydrogens (primary N) is 3. The fourth-order valence-electron chi connectivity index (χ4n) is 3.01. The number of methoxy groups -OCH3 is 2. The lowest BCUT2D eigenvalue weighted by Crippen LogP contribution is -2.34. The van der Waals surface area contributed by atoms with E-state index < -0.39 is 6.10 Å². The third-order valence-corrected chi connectivity index (χ3v) is 6.77. The van der Waals surface area contributed by atoms with Gasteiger partial charge in [0.2, 0.25) is 0 Å². The molecule has 1 aliphatic rings. The lowest BCUT2D eigenvalue weighted by Gasteiger charge is -2.10. The van der Waals surface area contributed by atoms with E-state index in [-0.39, 0.29) is 0 Å². The number of nitrogens with one attached hydrogen (secondary N) is 3. The highest BCUT2D eigenvalue weighted by molar-refractivity contribution is 4.81. The van der Waals surface area contributed by atoms with Crippen LogP contribution in [0.1, 0.15) is 179 Å². The molecule has 1 fully saturated rings. The number of unbranched alkanes of at least 4 members (excludes halogenated alkanes) is 8. The first-order valence-electron chi connectivity index (χ1n) is 23.8. The Morgan fingerprint density at radius 1 is 0.542 bits per heavy atom. The number of rotatable bonds is 27. The summed E-state index contributed by atoms with van der Waals surface area (Å²) in [6.07, 6.45) is 26.0. The summed E-state index contributed by atoms with van der Waals surface area (Å²) in [7, 11) is 3.26. The summed E-state index contributed by atoms with van der Waals surface area (Å²) in [5, 5.41) is 19.0. The van der Waals surface area contributed by atoms with Crippen LogP contribution in [0.2, 0.25) is 0 Å². The Balaban J connectivity index is -0.0000000700. The molecule has 0 aromatic rings. The molecule has 0 radical (unpaired) electrons. The second-order valence-electron chi connectivity index (χ2n) is 13.3. The van der Waals surface area contributed by atoms with Crippen LogP contribution in [0.4, 0.5) is 0 Å². The maximum atomic E-state index is 9.28. The van der Waals surface area contributed by atoms with E-state index >= 15 is 0 Å². The second kappa shape index (κ2) is 101. The van der Waals surface area contributed by atoms with Gasteiger partial charge in [-0.2, -0.15) is 0 Å². The molecule has 10 nitrogen and oxygen atoms in total. The fourth-order valence-corrected chi connectivity index (χ4v) is 3.01. The number of hydrogen-bond donors (Lipinski definition) is 7. The van der Waals surface area contributed by atoms with Crippen molar-refractivity contribution in [3.8, 4) is 0 Å². The van der Waals surface area contributed by atoms with Crippen molar-refractivity contribution in [3.05, 3.63) is 44.6 Å². The molecule has 0 saturated carbocycles. The zero-order valence-electron chi connectivity index (χ0n) is 42.6. The van der Waals surface area contributed by atoms with E-state index in [1.165, 1.54) is 83.5 Å². The normalized spacial score (nSPS) is 11.3. The quantitative estimate of drug-likeness (QED) is 0.0183. The van der Waals surface area contributed by atoms with Crippen molar-refractivity contribution in [1.82, 2.24) is 16.0 Å². The summed E-state index contributed by atoms with van der Waals surface area (Å²) in [5.41, 5.74) is 15.1. The van der Waals surface area contributed by atoms with Gasteiger partial charge in [-0.1, -0.05) is 165 Å². The summed E-state index contributed by atoms with van der Waals surface area (Å²) in [6, 6.07) is 0. The van der Waals surface area contributed by atoms with E-state index in [1.54, 1.807) is 20.8 Å². The number of epoxide rings is 1. The number of aliphatic hydroxyl groups is 1. The van der Waals surface area contributed by atoms with Crippen molar-refractivity contribution < 1.29 is 19.3 Å². The molecule has 10 heteroatoms. The first kappa shape index (κ1) is 78.2. The van der Waals surface area contributed by atoms with Gasteiger partial charge < -0.3 is 47.7 Å². The largest absolute Gasteiger partial charge is 0.389 e. The van der Waals surface area contributed by atoms with E-state index in [0.29, 0.717) is 39.0 Å². The minimum atomic E-state index is -0.393. The molecule has 0 amide bonds. The first-order chi connectivity index (χ1) is 28.6. The topological polar surface area (TPSA) is 165 Å². The van der Waals surface area contributed by atoms with Gasteiger partial charge in [0.05, 0.1) is 12.7 Å². The highest BCUT2D eigenvalue weighted by Crippen LogP contribution is 2.14. The van der Waals surface area contributed by atoms with Gasteiger partial charge in [0.1, 0.15) is 6.61 Å². The van der Waals surface area contributed by atoms with E-state index in [9.17, 15) is 5.11 Å². The average Bonchev–Trinajstić information content (AvgIpc) is 4.09. The van der Waals surface area contributed by atoms with Crippen molar-refractivity contribution in [2.75, 3.05) is 86.3 Å². The summed E-state index contributed by atoms with van der Waals surface area (Å²) < 4.78 is 14.2. The Kier molecular flexibility index (Phi) is 134. The van der Waals surface area contributed by atoms with E-state index in [4.69, 9.17) is 31.4 Å². The molecule has 59 heavy (non-hydrogen) atoms. The molecule has 0 spiro atoms. The van der Waals surface area contributed by atoms with E-state index in [0.717, 1.165) is 58.5 Å². The highest BCUT2D eigenvalue weighted by Gasteiger charge is 2.38. The molecule has 10 N–H and O–H groups in total. The van der Waals surface area contributed by atoms with Crippen molar-refractivity contribution in [3.63, 3.8) is 0 Å². The maximum absolute atomic E-state index is 9.28. The van der Waals surface area contributed by atoms with Crippen LogP contribution < -0.4 is 33.2 Å². The molecule has 2 unspecified atom stereocenters. The van der Waals surface area contributed by atoms with Gasteiger partial charge in [-0.3, -0.25) is 0 Å². The Morgan fingerprint density at radius 3 is 1.07 bits per heavy atom. The number of aliphatic hydroxyl groups excluding tert-OH is 1. The molecule has 1 rings (SSSR count). The Morgan fingerprint density at radius 2 is 0.864 bits per heavy atom. The Labute approximate surface area is 373 Å². The molecule has 0 aromatic heterocycles. The summed E-state index contributed by atoms with van der Waals surface area (Å²) in [6.45, 7) is 44.7. The smallest absolute Gasteiger partial charge is 0.298 e. The number of ether oxygens (including phenoxy) is 3. The summed E-state index contributed by atoms with van der Waals surface area (Å²) in [4.78, 5) is 0. The van der Waals surface area contributed by atoms with Crippen molar-refractivity contribution in [2.24, 2.45) is 17.2 Å². The molecule has 1 aliphatic heterocycles. The van der Waals surface area contributed by atoms with E-state index in [2.05, 4.69) is 112 Å². The third kappa shape index (κ3) is 169. The lowest BCUT2D eigenvalue weighted by molar-refractivity contribution is 0.0648. The van der Waals surface area contributed by atoms with E-state index in [1.807, 2.05) is 18.2 Å². The van der Waals surface area contributed by atoms with Crippen LogP contribution in [-0.4, -0.2) is 104 Å². The van der Waals surface area contributed by atoms with Crippen LogP contribution in [0.25, 0.3) is 0 Å². The molecular formula is C49H115N6O4+. The fraction of sp³-hybridized carbons (Fsp3) is 0.857. The van der Waals surface area contributed by atoms with Gasteiger partial charge in [0.15, 0.2) is 0 Å². The van der Waals surface area contributed by atoms with Crippen LogP contribution in [0, 0.1) is 6.61 Å². The van der Waals surface area contributed by atoms with Gasteiger partial charge in [0, 0.05) is 60.0 Å². The van der Waals surface area contributed by atoms with Crippen LogP contribution in [0.3, 0.4) is 0 Å². The summed E-state index contributed by atoms with van der Waals surface area (Å²) >= 11 is 0. The number of hydrogen-bond acceptors (Lipinski definition) is 10. The highest BCUT2D eigenvalue weighted by atomic mass is 16.6. The van der Waals surface area contributed by atoms with Gasteiger partial charge in [-0.05, 0) is 45.2 Å². The van der Waals surface area contributed by atoms with Crippen molar-refractivity contribution in [1.29, 1.82) is 0 Å². The van der Waals surface area contributed by atoms with Gasteiger partial charge in [-0.15, -0.1) is 24.5 Å². The molecular weight excluding hydrogens is 737 g/mol. The minimum Gasteiger partial charge on any atom is -0.389 e. The van der Waals surface area contributed by atoms with Crippen molar-refractivity contribution in [2.45, 2.75) is 191 Å². The van der Waals surface area contributed by atoms with Crippen LogP contribution in [0.5, 0.6) is 0 Å². The van der Waals surface area contributed by atoms with Crippen LogP contribution in [0.15, 0.2) is 38.0 Å². The molecule has 1 saturated heterocycles. The average molecular weight is 852 g/mol. The molecule has 0 aliphatic carbocycles. The Hall–Kier alpha value is -1.31. The molecule has 1 heterocycles. The molecule has 0 bridgehead atoms. The molecule has 0 aromatic carbocycles. The van der Waals surface area contributed by atoms with Crippen LogP contribution in [-0.2, 0) is 14.2 Å². The predicted molar refractivity (Wildman–Crippen MR) is 272 cm³/mol. The predicted octanol–water partition coefficient (Wildman–Crippen LogP) is 10.7. The molecule has 2 atom stereocenters. The third-order valence-electron chi connectivity index (χ3n) is 6.77. The maximum Gasteiger partial charge on any atom is 0.298 e. The second-order valence-corrected chi connectivity index (χ2v) is 13.3. The monoisotopic (exact) mass is 852 g/mol. The number of allylic oxidation sites excluding steroid dienone is 3. The van der Waals surface area contributed by atoms with Gasteiger partial charge in [-0.25, -0.2) is 0 Å². The zero-order valence-corrected chi connectivity index (χ0v) is 42.6. The molecule has 364 valence electrons. The lowest BCUT2D eigenvalue weighted by atomic mass is 10.3. The van der Waals surface area contributed by atoms with Gasteiger partial charge >= 0.3 is 0 Å². The zero-order chi connectivity index (χ0) is 47.3. The van der Waals surface area contributed by atoms with Crippen LogP contribution >= 0.6 is 0 Å². The standard InChI is InChI=1S/C10H24N2O2.C6H16N2.3C5H12.C4H7O2.3C4H8.C2H8N2/c1-3-4-5-11-6-7-12-8-10(13)9-14-2;1-2-3-5-8-6-4-7;3*1-3-5-4-2;1-5-2-4-3-6-4;3*1-3-4-2;3-1-2-4/h10-13H,3-9H2,1-2H3;8H,2-7H2,1H3;3*3-5H2,1-2H3;3-4H,2H2,1H3;3*3H,1,4H2,2H3;1-4H2/q;;;;;+1;;;;. The Bertz CT molecular complexity index is 541. The van der Waals surface area contributed by atoms with Gasteiger partial charge in [0.25, 0.3) is 12.7 Å². The van der Waals surface area contributed by atoms with Crippen molar-refractivity contribution >= 4 is 0 Å². The SMILES string of the molecule is C=CCC.C=CCC.C=CCC.CCCCC.CCCCC.CCCCC.CCCCNCCN.CCCCNCCNCC(O)COC.COCC1[CH+]O1.NCCN.